The second-order valence-corrected chi connectivity index (χ2v) is 9.59. The molecule has 1 aliphatic carbocycles. The number of hydrogen-bond acceptors (Lipinski definition) is 4. The molecule has 1 saturated carbocycles. The van der Waals surface area contributed by atoms with Gasteiger partial charge in [-0.15, -0.1) is 0 Å². The predicted molar refractivity (Wildman–Crippen MR) is 100 cm³/mol. The summed E-state index contributed by atoms with van der Waals surface area (Å²) in [5.74, 6) is -0.861. The van der Waals surface area contributed by atoms with Gasteiger partial charge in [-0.3, -0.25) is 9.69 Å². The first-order chi connectivity index (χ1) is 12.0. The molecule has 0 aromatic heterocycles. The zero-order valence-corrected chi connectivity index (χ0v) is 16.9. The van der Waals surface area contributed by atoms with Gasteiger partial charge in [0.25, 0.3) is 0 Å². The Labute approximate surface area is 157 Å². The molecular weight excluding hydrogens is 334 g/mol. The van der Waals surface area contributed by atoms with Crippen LogP contribution < -0.4 is 5.32 Å². The van der Waals surface area contributed by atoms with E-state index in [4.69, 9.17) is 9.84 Å². The summed E-state index contributed by atoms with van der Waals surface area (Å²) in [5, 5.41) is 12.1. The molecule has 7 nitrogen and oxygen atoms in total. The monoisotopic (exact) mass is 369 g/mol. The molecule has 7 heteroatoms. The van der Waals surface area contributed by atoms with Crippen LogP contribution in [0, 0.1) is 10.8 Å². The lowest BCUT2D eigenvalue weighted by Gasteiger charge is -2.45. The minimum atomic E-state index is -0.861. The van der Waals surface area contributed by atoms with Gasteiger partial charge in [0.2, 0.25) is 0 Å². The third kappa shape index (κ3) is 6.43. The molecule has 1 saturated heterocycles. The molecule has 2 N–H and O–H groups in total. The van der Waals surface area contributed by atoms with E-state index in [9.17, 15) is 9.59 Å². The van der Waals surface area contributed by atoms with Crippen molar-refractivity contribution in [2.45, 2.75) is 59.1 Å². The van der Waals surface area contributed by atoms with Gasteiger partial charge in [-0.05, 0) is 37.1 Å². The average Bonchev–Trinajstić information content (AvgIpc) is 2.42. The highest BCUT2D eigenvalue weighted by Crippen LogP contribution is 2.45. The summed E-state index contributed by atoms with van der Waals surface area (Å²) in [5.41, 5.74) is 0.458. The van der Waals surface area contributed by atoms with Crippen molar-refractivity contribution < 1.29 is 19.4 Å². The number of nitrogens with one attached hydrogen (secondary N) is 1. The Kier molecular flexibility index (Phi) is 6.55. The van der Waals surface area contributed by atoms with Crippen molar-refractivity contribution in [3.8, 4) is 0 Å². The van der Waals surface area contributed by atoms with Crippen molar-refractivity contribution in [3.63, 3.8) is 0 Å². The number of likely N-dealkylation sites (N-methyl/N-ethyl adjacent to an activating group) is 1. The number of morpholine rings is 1. The third-order valence-corrected chi connectivity index (χ3v) is 5.23. The molecule has 0 radical (unpaired) electrons. The molecule has 2 aliphatic rings. The van der Waals surface area contributed by atoms with Gasteiger partial charge in [0.1, 0.15) is 0 Å². The number of carbonyl (C=O) groups excluding carboxylic acids is 1. The van der Waals surface area contributed by atoms with Crippen LogP contribution in [0.2, 0.25) is 0 Å². The van der Waals surface area contributed by atoms with Crippen LogP contribution in [-0.4, -0.2) is 78.9 Å². The Morgan fingerprint density at radius 1 is 1.23 bits per heavy atom. The van der Waals surface area contributed by atoms with Crippen LogP contribution in [0.4, 0.5) is 4.79 Å². The minimum Gasteiger partial charge on any atom is -0.480 e. The molecule has 1 unspecified atom stereocenters. The summed E-state index contributed by atoms with van der Waals surface area (Å²) in [6, 6.07) is 0.162. The number of carbonyl (C=O) groups is 2. The van der Waals surface area contributed by atoms with E-state index in [0.717, 1.165) is 12.8 Å². The van der Waals surface area contributed by atoms with Gasteiger partial charge in [0.05, 0.1) is 19.3 Å². The first kappa shape index (κ1) is 21.0. The van der Waals surface area contributed by atoms with Crippen LogP contribution in [-0.2, 0) is 9.53 Å². The highest BCUT2D eigenvalue weighted by molar-refractivity contribution is 5.74. The lowest BCUT2D eigenvalue weighted by Crippen LogP contribution is -2.55. The van der Waals surface area contributed by atoms with Crippen LogP contribution >= 0.6 is 0 Å². The summed E-state index contributed by atoms with van der Waals surface area (Å²) < 4.78 is 5.71. The third-order valence-electron chi connectivity index (χ3n) is 5.23. The van der Waals surface area contributed by atoms with Crippen molar-refractivity contribution in [1.29, 1.82) is 0 Å². The normalized spacial score (nSPS) is 25.9. The number of ether oxygens (including phenoxy) is 1. The smallest absolute Gasteiger partial charge is 0.317 e. The van der Waals surface area contributed by atoms with Crippen LogP contribution in [0.15, 0.2) is 0 Å². The Balaban J connectivity index is 1.87. The molecule has 150 valence electrons. The molecule has 2 fully saturated rings. The molecule has 2 rings (SSSR count). The fraction of sp³-hybridized carbons (Fsp3) is 0.895. The predicted octanol–water partition coefficient (Wildman–Crippen LogP) is 2.02. The first-order valence-electron chi connectivity index (χ1n) is 9.53. The summed E-state index contributed by atoms with van der Waals surface area (Å²) in [7, 11) is 1.75. The highest BCUT2D eigenvalue weighted by Gasteiger charge is 2.39. The van der Waals surface area contributed by atoms with E-state index in [-0.39, 0.29) is 35.6 Å². The molecule has 0 aromatic carbocycles. The molecule has 0 spiro atoms. The van der Waals surface area contributed by atoms with Gasteiger partial charge in [0, 0.05) is 25.7 Å². The van der Waals surface area contributed by atoms with E-state index >= 15 is 0 Å². The lowest BCUT2D eigenvalue weighted by atomic mass is 9.63. The Morgan fingerprint density at radius 2 is 1.85 bits per heavy atom. The second-order valence-electron chi connectivity index (χ2n) is 9.59. The Hall–Kier alpha value is -1.34. The number of rotatable bonds is 5. The van der Waals surface area contributed by atoms with Crippen molar-refractivity contribution in [2.24, 2.45) is 10.8 Å². The van der Waals surface area contributed by atoms with E-state index in [1.165, 1.54) is 6.42 Å². The SMILES string of the molecule is CN(CC(=O)O)CC1CN(C(=O)NC2CC(C)(C)CC(C)(C)C2)CCO1. The summed E-state index contributed by atoms with van der Waals surface area (Å²) in [4.78, 5) is 27.1. The van der Waals surface area contributed by atoms with Crippen LogP contribution in [0.3, 0.4) is 0 Å². The molecular formula is C19H35N3O4. The zero-order valence-electron chi connectivity index (χ0n) is 16.9. The maximum atomic E-state index is 12.7. The molecule has 2 amide bonds. The van der Waals surface area contributed by atoms with Gasteiger partial charge in [0.15, 0.2) is 0 Å². The van der Waals surface area contributed by atoms with E-state index in [1.54, 1.807) is 16.8 Å². The number of urea groups is 1. The number of carboxylic acid groups (broad SMARTS) is 1. The highest BCUT2D eigenvalue weighted by atomic mass is 16.5. The number of nitrogens with zero attached hydrogens (tertiary/aromatic N) is 2. The Morgan fingerprint density at radius 3 is 2.42 bits per heavy atom. The molecule has 1 atom stereocenters. The maximum absolute atomic E-state index is 12.7. The number of carboxylic acids is 1. The number of amides is 2. The largest absolute Gasteiger partial charge is 0.480 e. The van der Waals surface area contributed by atoms with Gasteiger partial charge < -0.3 is 20.1 Å². The molecule has 0 aromatic rings. The van der Waals surface area contributed by atoms with Gasteiger partial charge >= 0.3 is 12.0 Å². The summed E-state index contributed by atoms with van der Waals surface area (Å²) in [6.45, 7) is 11.1. The maximum Gasteiger partial charge on any atom is 0.317 e. The number of hydrogen-bond donors (Lipinski definition) is 2. The van der Waals surface area contributed by atoms with Gasteiger partial charge in [-0.25, -0.2) is 4.79 Å². The van der Waals surface area contributed by atoms with Gasteiger partial charge in [-0.1, -0.05) is 27.7 Å². The topological polar surface area (TPSA) is 82.1 Å². The van der Waals surface area contributed by atoms with Crippen LogP contribution in [0.1, 0.15) is 47.0 Å². The zero-order chi connectivity index (χ0) is 19.5. The molecule has 1 heterocycles. The Bertz CT molecular complexity index is 505. The van der Waals surface area contributed by atoms with E-state index in [1.807, 2.05) is 0 Å². The average molecular weight is 370 g/mol. The van der Waals surface area contributed by atoms with E-state index < -0.39 is 5.97 Å². The lowest BCUT2D eigenvalue weighted by molar-refractivity contribution is -0.138. The van der Waals surface area contributed by atoms with Gasteiger partial charge in [-0.2, -0.15) is 0 Å². The van der Waals surface area contributed by atoms with Crippen LogP contribution in [0.25, 0.3) is 0 Å². The molecule has 26 heavy (non-hydrogen) atoms. The summed E-state index contributed by atoms with van der Waals surface area (Å²) in [6.07, 6.45) is 3.01. The summed E-state index contributed by atoms with van der Waals surface area (Å²) >= 11 is 0. The fourth-order valence-corrected chi connectivity index (χ4v) is 4.87. The van der Waals surface area contributed by atoms with E-state index in [0.29, 0.717) is 26.2 Å². The van der Waals surface area contributed by atoms with Crippen molar-refractivity contribution >= 4 is 12.0 Å². The minimum absolute atomic E-state index is 0.0295. The fourth-order valence-electron chi connectivity index (χ4n) is 4.87. The van der Waals surface area contributed by atoms with Crippen molar-refractivity contribution in [3.05, 3.63) is 0 Å². The second kappa shape index (κ2) is 8.13. The van der Waals surface area contributed by atoms with E-state index in [2.05, 4.69) is 33.0 Å². The standard InChI is InChI=1S/C19H35N3O4/c1-18(2)8-14(9-19(3,4)13-18)20-17(25)22-6-7-26-15(11-22)10-21(5)12-16(23)24/h14-15H,6-13H2,1-5H3,(H,20,25)(H,23,24). The first-order valence-corrected chi connectivity index (χ1v) is 9.53. The van der Waals surface area contributed by atoms with Crippen molar-refractivity contribution in [2.75, 3.05) is 39.8 Å². The quantitative estimate of drug-likeness (QED) is 0.775. The van der Waals surface area contributed by atoms with Crippen molar-refractivity contribution in [1.82, 2.24) is 15.1 Å². The number of aliphatic carboxylic acids is 1. The molecule has 0 bridgehead atoms. The molecule has 1 aliphatic heterocycles. The van der Waals surface area contributed by atoms with Crippen LogP contribution in [0.5, 0.6) is 0 Å².